The largest absolute Gasteiger partial charge is 0.707 e. The lowest BCUT2D eigenvalue weighted by molar-refractivity contribution is 0.143. The molecule has 1 aromatic rings. The van der Waals surface area contributed by atoms with Gasteiger partial charge in [0.1, 0.15) is 12.4 Å². The first-order chi connectivity index (χ1) is 7.22. The van der Waals surface area contributed by atoms with Crippen molar-refractivity contribution in [1.82, 2.24) is 4.98 Å². The highest BCUT2D eigenvalue weighted by atomic mass is 16.6. The molecule has 0 spiro atoms. The van der Waals surface area contributed by atoms with Crippen LogP contribution in [0.5, 0.6) is 11.6 Å². The first-order valence-electron chi connectivity index (χ1n) is 4.33. The van der Waals surface area contributed by atoms with E-state index in [2.05, 4.69) is 9.64 Å². The third-order valence-electron chi connectivity index (χ3n) is 1.49. The second-order valence-corrected chi connectivity index (χ2v) is 2.62. The predicted molar refractivity (Wildman–Crippen MR) is 52.4 cm³/mol. The summed E-state index contributed by atoms with van der Waals surface area (Å²) in [7, 11) is -0.261. The zero-order chi connectivity index (χ0) is 11.1. The van der Waals surface area contributed by atoms with Gasteiger partial charge in [0.25, 0.3) is 0 Å². The average molecular weight is 213 g/mol. The number of rotatable bonds is 6. The maximum Gasteiger partial charge on any atom is 0.707 e. The Labute approximate surface area is 87.6 Å². The summed E-state index contributed by atoms with van der Waals surface area (Å²) in [5.74, 6) is 0.677. The summed E-state index contributed by atoms with van der Waals surface area (Å²) in [6.07, 6.45) is 1.33. The minimum Gasteiger partial charge on any atom is -0.511 e. The van der Waals surface area contributed by atoms with E-state index >= 15 is 0 Å². The Balaban J connectivity index is 2.42. The lowest BCUT2D eigenvalue weighted by Gasteiger charge is -2.06. The Kier molecular flexibility index (Phi) is 4.89. The first-order valence-corrected chi connectivity index (χ1v) is 4.33. The Morgan fingerprint density at radius 3 is 2.67 bits per heavy atom. The predicted octanol–water partition coefficient (Wildman–Crippen LogP) is -0.545. The van der Waals surface area contributed by atoms with Gasteiger partial charge in [-0.05, 0) is 6.07 Å². The normalized spacial score (nSPS) is 9.80. The number of nitrogens with zero attached hydrogens (tertiary/aromatic N) is 1. The topological polar surface area (TPSA) is 81.0 Å². The molecule has 82 valence electrons. The summed E-state index contributed by atoms with van der Waals surface area (Å²) >= 11 is 0. The Bertz CT molecular complexity index is 279. The van der Waals surface area contributed by atoms with Gasteiger partial charge in [-0.1, -0.05) is 0 Å². The minimum absolute atomic E-state index is 0.254. The van der Waals surface area contributed by atoms with Crippen molar-refractivity contribution in [3.05, 3.63) is 18.3 Å². The summed E-state index contributed by atoms with van der Waals surface area (Å²) in [5, 5.41) is 17.0. The smallest absolute Gasteiger partial charge is 0.511 e. The van der Waals surface area contributed by atoms with Crippen molar-refractivity contribution in [2.24, 2.45) is 0 Å². The van der Waals surface area contributed by atoms with Crippen LogP contribution in [0.1, 0.15) is 0 Å². The van der Waals surface area contributed by atoms with Gasteiger partial charge in [0, 0.05) is 13.2 Å². The van der Waals surface area contributed by atoms with Crippen molar-refractivity contribution in [2.45, 2.75) is 0 Å². The molecule has 6 nitrogen and oxygen atoms in total. The van der Waals surface area contributed by atoms with E-state index in [1.807, 2.05) is 0 Å². The fourth-order valence-corrected chi connectivity index (χ4v) is 0.873. The molecule has 15 heavy (non-hydrogen) atoms. The number of aromatic nitrogens is 1. The third-order valence-corrected chi connectivity index (χ3v) is 1.49. The van der Waals surface area contributed by atoms with E-state index in [1.165, 1.54) is 12.3 Å². The van der Waals surface area contributed by atoms with Crippen LogP contribution in [0.3, 0.4) is 0 Å². The van der Waals surface area contributed by atoms with Crippen molar-refractivity contribution in [1.29, 1.82) is 0 Å². The lowest BCUT2D eigenvalue weighted by atomic mass is 10.2. The van der Waals surface area contributed by atoms with Crippen LogP contribution < -0.4 is 9.39 Å². The minimum atomic E-state index is -1.84. The fourth-order valence-electron chi connectivity index (χ4n) is 0.873. The summed E-state index contributed by atoms with van der Waals surface area (Å²) in [6.45, 7) is 0.890. The number of ether oxygens (including phenoxy) is 2. The van der Waals surface area contributed by atoms with Crippen LogP contribution in [0.25, 0.3) is 0 Å². The van der Waals surface area contributed by atoms with E-state index in [9.17, 15) is 0 Å². The number of hydrogen-bond acceptors (Lipinski definition) is 6. The maximum atomic E-state index is 8.51. The molecule has 1 aromatic heterocycles. The van der Waals surface area contributed by atoms with Gasteiger partial charge in [0.2, 0.25) is 5.88 Å². The Morgan fingerprint density at radius 2 is 2.13 bits per heavy atom. The molecule has 0 unspecified atom stereocenters. The van der Waals surface area contributed by atoms with Crippen LogP contribution in [0, 0.1) is 0 Å². The van der Waals surface area contributed by atoms with Crippen LogP contribution in [-0.4, -0.2) is 42.7 Å². The van der Waals surface area contributed by atoms with E-state index in [0.717, 1.165) is 0 Å². The van der Waals surface area contributed by atoms with E-state index in [4.69, 9.17) is 19.5 Å². The molecule has 0 aliphatic rings. The van der Waals surface area contributed by atoms with Crippen LogP contribution in [0.2, 0.25) is 0 Å². The molecule has 2 N–H and O–H groups in total. The van der Waals surface area contributed by atoms with E-state index in [-0.39, 0.29) is 5.75 Å². The molecule has 0 saturated heterocycles. The van der Waals surface area contributed by atoms with Gasteiger partial charge in [0.05, 0.1) is 12.8 Å². The molecular formula is C8H12BNO5. The number of pyridine rings is 1. The van der Waals surface area contributed by atoms with Crippen molar-refractivity contribution in [3.63, 3.8) is 0 Å². The van der Waals surface area contributed by atoms with Gasteiger partial charge >= 0.3 is 7.32 Å². The SMILES string of the molecule is COCCOc1ccc(OB(O)O)cn1. The zero-order valence-electron chi connectivity index (χ0n) is 8.29. The van der Waals surface area contributed by atoms with Gasteiger partial charge in [-0.15, -0.1) is 0 Å². The first kappa shape index (κ1) is 11.8. The molecule has 0 aliphatic carbocycles. The van der Waals surface area contributed by atoms with Gasteiger partial charge in [-0.3, -0.25) is 0 Å². The van der Waals surface area contributed by atoms with Crippen molar-refractivity contribution < 1.29 is 24.2 Å². The summed E-state index contributed by atoms with van der Waals surface area (Å²) in [6, 6.07) is 3.09. The van der Waals surface area contributed by atoms with Crippen molar-refractivity contribution in [2.75, 3.05) is 20.3 Å². The number of methoxy groups -OCH3 is 1. The quantitative estimate of drug-likeness (QED) is 0.487. The second-order valence-electron chi connectivity index (χ2n) is 2.62. The molecule has 0 saturated carbocycles. The second kappa shape index (κ2) is 6.23. The van der Waals surface area contributed by atoms with Crippen LogP contribution in [-0.2, 0) is 4.74 Å². The average Bonchev–Trinajstić information content (AvgIpc) is 2.20. The van der Waals surface area contributed by atoms with E-state index in [1.54, 1.807) is 13.2 Å². The Morgan fingerprint density at radius 1 is 1.33 bits per heavy atom. The van der Waals surface area contributed by atoms with Crippen molar-refractivity contribution in [3.8, 4) is 11.6 Å². The highest BCUT2D eigenvalue weighted by molar-refractivity contribution is 6.33. The molecule has 0 aliphatic heterocycles. The monoisotopic (exact) mass is 213 g/mol. The van der Waals surface area contributed by atoms with E-state index in [0.29, 0.717) is 19.1 Å². The summed E-state index contributed by atoms with van der Waals surface area (Å²) < 4.78 is 14.5. The lowest BCUT2D eigenvalue weighted by Crippen LogP contribution is -2.20. The highest BCUT2D eigenvalue weighted by Gasteiger charge is 2.11. The molecule has 7 heteroatoms. The molecular weight excluding hydrogens is 201 g/mol. The molecule has 0 fully saturated rings. The molecule has 0 aromatic carbocycles. The molecule has 1 heterocycles. The van der Waals surface area contributed by atoms with Crippen LogP contribution >= 0.6 is 0 Å². The number of hydrogen-bond donors (Lipinski definition) is 2. The van der Waals surface area contributed by atoms with E-state index < -0.39 is 7.32 Å². The summed E-state index contributed by atoms with van der Waals surface area (Å²) in [5.41, 5.74) is 0. The van der Waals surface area contributed by atoms with Crippen molar-refractivity contribution >= 4 is 7.32 Å². The third kappa shape index (κ3) is 4.64. The zero-order valence-corrected chi connectivity index (χ0v) is 8.29. The molecule has 1 rings (SSSR count). The maximum absolute atomic E-state index is 8.51. The highest BCUT2D eigenvalue weighted by Crippen LogP contribution is 2.13. The standard InChI is InChI=1S/C8H12BNO5/c1-13-4-5-14-8-3-2-7(6-10-8)15-9(11)12/h2-3,6,11-12H,4-5H2,1H3. The molecule has 0 amide bonds. The van der Waals surface area contributed by atoms with Crippen LogP contribution in [0.15, 0.2) is 18.3 Å². The van der Waals surface area contributed by atoms with Crippen LogP contribution in [0.4, 0.5) is 0 Å². The molecule has 0 radical (unpaired) electrons. The van der Waals surface area contributed by atoms with Gasteiger partial charge < -0.3 is 24.2 Å². The van der Waals surface area contributed by atoms with Gasteiger partial charge in [-0.2, -0.15) is 0 Å². The van der Waals surface area contributed by atoms with Gasteiger partial charge in [0.15, 0.2) is 0 Å². The molecule has 0 atom stereocenters. The summed E-state index contributed by atoms with van der Waals surface area (Å²) in [4.78, 5) is 3.88. The van der Waals surface area contributed by atoms with Gasteiger partial charge in [-0.25, -0.2) is 4.98 Å². The fraction of sp³-hybridized carbons (Fsp3) is 0.375. The Hall–Kier alpha value is -1.31. The molecule has 0 bridgehead atoms.